The van der Waals surface area contributed by atoms with Gasteiger partial charge in [0.2, 0.25) is 8.07 Å². The molecule has 0 N–H and O–H groups in total. The Kier molecular flexibility index (Phi) is 4.28. The summed E-state index contributed by atoms with van der Waals surface area (Å²) in [5.41, 5.74) is 2.30. The Morgan fingerprint density at radius 2 is 0.867 bits per heavy atom. The average molecular weight is 455 g/mol. The summed E-state index contributed by atoms with van der Waals surface area (Å²) in [5.74, 6) is 0. The van der Waals surface area contributed by atoms with Crippen LogP contribution < -0.4 is 13.5 Å². The number of rotatable bonds is 4. The molecule has 4 heteroatoms. The van der Waals surface area contributed by atoms with E-state index in [1.54, 1.807) is 0 Å². The lowest BCUT2D eigenvalue weighted by Crippen LogP contribution is -2.63. The number of fused-ring (bicyclic) bond motifs is 3. The molecule has 6 rings (SSSR count). The Bertz CT molecular complexity index is 1250. The maximum atomic E-state index is 4.45. The smallest absolute Gasteiger partial charge is 0.144 e. The minimum absolute atomic E-state index is 1.33. The molecular formula is C26H18S3Si. The van der Waals surface area contributed by atoms with Gasteiger partial charge in [0.1, 0.15) is 0 Å². The molecule has 3 aromatic carbocycles. The molecule has 0 spiro atoms. The molecule has 0 saturated heterocycles. The van der Waals surface area contributed by atoms with Crippen molar-refractivity contribution in [3.63, 3.8) is 0 Å². The molecule has 30 heavy (non-hydrogen) atoms. The van der Waals surface area contributed by atoms with Crippen LogP contribution in [0.5, 0.6) is 0 Å². The Balaban J connectivity index is 1.70. The normalized spacial score (nSPS) is 12.1. The lowest BCUT2D eigenvalue weighted by Gasteiger charge is -2.24. The molecule has 3 heterocycles. The largest absolute Gasteiger partial charge is 0.205 e. The molecule has 0 atom stereocenters. The minimum Gasteiger partial charge on any atom is -0.144 e. The summed E-state index contributed by atoms with van der Waals surface area (Å²) in [7, 11) is -2.33. The predicted octanol–water partition coefficient (Wildman–Crippen LogP) is 6.53. The third-order valence-electron chi connectivity index (χ3n) is 5.75. The molecule has 6 aromatic rings. The molecule has 0 aliphatic rings. The first-order chi connectivity index (χ1) is 14.8. The number of hydrogen-bond donors (Lipinski definition) is 0. The molecule has 0 fully saturated rings. The van der Waals surface area contributed by atoms with Crippen LogP contribution in [0.1, 0.15) is 0 Å². The number of thiophene rings is 3. The van der Waals surface area contributed by atoms with E-state index < -0.39 is 8.07 Å². The van der Waals surface area contributed by atoms with Crippen LogP contribution >= 0.6 is 34.0 Å². The number of benzene rings is 3. The first-order valence-corrected chi connectivity index (χ1v) is 14.4. The first kappa shape index (κ1) is 18.3. The van der Waals surface area contributed by atoms with Crippen molar-refractivity contribution in [1.29, 1.82) is 0 Å². The zero-order valence-electron chi connectivity index (χ0n) is 16.2. The second-order valence-electron chi connectivity index (χ2n) is 7.46. The van der Waals surface area contributed by atoms with Gasteiger partial charge in [0.15, 0.2) is 0 Å². The van der Waals surface area contributed by atoms with Gasteiger partial charge in [-0.3, -0.25) is 0 Å². The van der Waals surface area contributed by atoms with E-state index in [-0.39, 0.29) is 0 Å². The highest BCUT2D eigenvalue weighted by Crippen LogP contribution is 2.29. The maximum absolute atomic E-state index is 4.45. The van der Waals surface area contributed by atoms with Crippen LogP contribution in [0.15, 0.2) is 103 Å². The zero-order chi connectivity index (χ0) is 20.1. The van der Waals surface area contributed by atoms with Crippen molar-refractivity contribution >= 4 is 85.8 Å². The van der Waals surface area contributed by atoms with Crippen molar-refractivity contribution in [2.24, 2.45) is 0 Å². The van der Waals surface area contributed by atoms with Crippen LogP contribution in [0, 0.1) is 0 Å². The molecule has 0 aliphatic carbocycles. The third-order valence-corrected chi connectivity index (χ3v) is 15.7. The van der Waals surface area contributed by atoms with Gasteiger partial charge in [-0.2, -0.15) is 0 Å². The summed E-state index contributed by atoms with van der Waals surface area (Å²) in [5, 5.41) is 4.00. The molecule has 3 aromatic heterocycles. The molecule has 144 valence electrons. The van der Waals surface area contributed by atoms with E-state index in [2.05, 4.69) is 103 Å². The highest BCUT2D eigenvalue weighted by molar-refractivity contribution is 7.50. The van der Waals surface area contributed by atoms with E-state index in [1.807, 2.05) is 34.0 Å². The Morgan fingerprint density at radius 1 is 0.533 bits per heavy atom. The second-order valence-corrected chi connectivity index (χ2v) is 15.4. The highest BCUT2D eigenvalue weighted by Gasteiger charge is 2.41. The Morgan fingerprint density at radius 3 is 1.17 bits per heavy atom. The lowest BCUT2D eigenvalue weighted by atomic mass is 10.3. The fraction of sp³-hybridized carbons (Fsp3) is 0. The lowest BCUT2D eigenvalue weighted by molar-refractivity contribution is 1.85. The second kappa shape index (κ2) is 7.03. The Labute approximate surface area is 188 Å². The molecule has 0 unspecified atom stereocenters. The average Bonchev–Trinajstić information content (AvgIpc) is 3.51. The van der Waals surface area contributed by atoms with Crippen molar-refractivity contribution in [2.45, 2.75) is 0 Å². The summed E-state index contributed by atoms with van der Waals surface area (Å²) in [4.78, 5) is 0. The molecule has 0 saturated carbocycles. The molecule has 0 amide bonds. The first-order valence-electron chi connectivity index (χ1n) is 9.89. The third kappa shape index (κ3) is 2.68. The van der Waals surface area contributed by atoms with Crippen LogP contribution in [-0.4, -0.2) is 8.07 Å². The van der Waals surface area contributed by atoms with Gasteiger partial charge in [-0.1, -0.05) is 60.3 Å². The van der Waals surface area contributed by atoms with E-state index in [0.29, 0.717) is 0 Å². The van der Waals surface area contributed by atoms with Crippen LogP contribution in [0.2, 0.25) is 0 Å². The quantitative estimate of drug-likeness (QED) is 0.266. The van der Waals surface area contributed by atoms with E-state index >= 15 is 0 Å². The molecular weight excluding hydrogens is 437 g/mol. The van der Waals surface area contributed by atoms with Crippen LogP contribution in [0.25, 0.3) is 30.3 Å². The zero-order valence-corrected chi connectivity index (χ0v) is 19.6. The monoisotopic (exact) mass is 454 g/mol. The van der Waals surface area contributed by atoms with Gasteiger partial charge < -0.3 is 0 Å². The fourth-order valence-electron chi connectivity index (χ4n) is 4.19. The molecule has 0 aliphatic heterocycles. The predicted molar refractivity (Wildman–Crippen MR) is 140 cm³/mol. The van der Waals surface area contributed by atoms with Crippen molar-refractivity contribution in [1.82, 2.24) is 0 Å². The van der Waals surface area contributed by atoms with Gasteiger partial charge in [-0.25, -0.2) is 0 Å². The van der Waals surface area contributed by atoms with Gasteiger partial charge in [0, 0.05) is 27.6 Å². The summed E-state index contributed by atoms with van der Waals surface area (Å²) in [6, 6.07) is 33.5. The van der Waals surface area contributed by atoms with Gasteiger partial charge in [0.25, 0.3) is 0 Å². The van der Waals surface area contributed by atoms with Crippen molar-refractivity contribution < 1.29 is 0 Å². The summed E-state index contributed by atoms with van der Waals surface area (Å²) in [6.07, 6.45) is 0. The minimum atomic E-state index is -2.33. The summed E-state index contributed by atoms with van der Waals surface area (Å²) in [6.45, 7) is 4.45. The van der Waals surface area contributed by atoms with Gasteiger partial charge in [-0.05, 0) is 52.6 Å². The maximum Gasteiger partial charge on any atom is 0.205 e. The van der Waals surface area contributed by atoms with E-state index in [1.165, 1.54) is 43.8 Å². The standard InChI is InChI=1S/C26H18S3Si/c1-2-30(24-15-18-9-3-6-12-21(18)27-24,25-16-19-10-4-7-13-22(19)28-25)26-17-20-11-5-8-14-23(20)29-26/h2-17H,1H2. The fourth-order valence-corrected chi connectivity index (χ4v) is 15.4. The van der Waals surface area contributed by atoms with Crippen LogP contribution in [0.4, 0.5) is 0 Å². The van der Waals surface area contributed by atoms with Crippen molar-refractivity contribution in [3.05, 3.63) is 103 Å². The Hall–Kier alpha value is -2.50. The number of hydrogen-bond acceptors (Lipinski definition) is 3. The summed E-state index contributed by atoms with van der Waals surface area (Å²) < 4.78 is 8.47. The highest BCUT2D eigenvalue weighted by atomic mass is 32.1. The van der Waals surface area contributed by atoms with Crippen molar-refractivity contribution in [2.75, 3.05) is 0 Å². The molecule has 0 nitrogen and oxygen atoms in total. The van der Waals surface area contributed by atoms with E-state index in [9.17, 15) is 0 Å². The van der Waals surface area contributed by atoms with Gasteiger partial charge in [0.05, 0.1) is 0 Å². The van der Waals surface area contributed by atoms with Crippen LogP contribution in [0.3, 0.4) is 0 Å². The van der Waals surface area contributed by atoms with Gasteiger partial charge >= 0.3 is 0 Å². The SMILES string of the molecule is C=C[Si](c1cc2ccccc2s1)(c1cc2ccccc2s1)c1cc2ccccc2s1. The van der Waals surface area contributed by atoms with Gasteiger partial charge in [-0.15, -0.1) is 40.6 Å². The topological polar surface area (TPSA) is 0 Å². The van der Waals surface area contributed by atoms with Crippen LogP contribution in [-0.2, 0) is 0 Å². The molecule has 0 bridgehead atoms. The molecule has 0 radical (unpaired) electrons. The summed E-state index contributed by atoms with van der Waals surface area (Å²) >= 11 is 5.83. The van der Waals surface area contributed by atoms with Crippen molar-refractivity contribution in [3.8, 4) is 0 Å². The van der Waals surface area contributed by atoms with E-state index in [0.717, 1.165) is 0 Å². The van der Waals surface area contributed by atoms with E-state index in [4.69, 9.17) is 0 Å².